The van der Waals surface area contributed by atoms with Gasteiger partial charge in [0.1, 0.15) is 0 Å². The van der Waals surface area contributed by atoms with Gasteiger partial charge in [-0.1, -0.05) is 30.3 Å². The molecule has 0 fully saturated rings. The first-order chi connectivity index (χ1) is 11.0. The van der Waals surface area contributed by atoms with Crippen molar-refractivity contribution in [2.45, 2.75) is 24.3 Å². The maximum atomic E-state index is 12.2. The number of anilines is 1. The lowest BCUT2D eigenvalue weighted by molar-refractivity contribution is -0.118. The average Bonchev–Trinajstić information content (AvgIpc) is 2.57. The van der Waals surface area contributed by atoms with E-state index in [0.29, 0.717) is 12.8 Å². The van der Waals surface area contributed by atoms with Gasteiger partial charge in [0.05, 0.1) is 4.90 Å². The van der Waals surface area contributed by atoms with Crippen molar-refractivity contribution in [2.24, 2.45) is 0 Å². The van der Waals surface area contributed by atoms with Crippen LogP contribution in [0.5, 0.6) is 0 Å². The number of nitrogens with one attached hydrogen (secondary N) is 1. The second kappa shape index (κ2) is 6.14. The summed E-state index contributed by atoms with van der Waals surface area (Å²) in [6.07, 6.45) is 1.18. The zero-order valence-corrected chi connectivity index (χ0v) is 13.6. The van der Waals surface area contributed by atoms with Gasteiger partial charge in [-0.05, 0) is 35.7 Å². The molecule has 2 aromatic rings. The third-order valence-corrected chi connectivity index (χ3v) is 5.42. The number of amides is 1. The van der Waals surface area contributed by atoms with Crippen LogP contribution in [0.4, 0.5) is 5.69 Å². The number of sulfonamides is 1. The number of fused-ring (bicyclic) bond motifs is 1. The van der Waals surface area contributed by atoms with Crippen LogP contribution >= 0.6 is 0 Å². The summed E-state index contributed by atoms with van der Waals surface area (Å²) in [5.74, 6) is 0.107. The molecule has 0 unspecified atom stereocenters. The summed E-state index contributed by atoms with van der Waals surface area (Å²) in [6, 6.07) is 14.0. The molecule has 120 valence electrons. The quantitative estimate of drug-likeness (QED) is 0.933. The molecule has 0 saturated heterocycles. The molecule has 0 spiro atoms. The number of rotatable bonds is 4. The molecule has 23 heavy (non-hydrogen) atoms. The molecule has 0 atom stereocenters. The monoisotopic (exact) mass is 330 g/mol. The van der Waals surface area contributed by atoms with Crippen molar-refractivity contribution in [3.63, 3.8) is 0 Å². The van der Waals surface area contributed by atoms with Crippen LogP contribution in [0.3, 0.4) is 0 Å². The van der Waals surface area contributed by atoms with Gasteiger partial charge in [-0.15, -0.1) is 0 Å². The van der Waals surface area contributed by atoms with E-state index in [1.165, 1.54) is 0 Å². The molecule has 0 radical (unpaired) electrons. The molecule has 1 aliphatic rings. The molecular formula is C17H18N2O3S. The largest absolute Gasteiger partial charge is 0.315 e. The summed E-state index contributed by atoms with van der Waals surface area (Å²) < 4.78 is 27.1. The summed E-state index contributed by atoms with van der Waals surface area (Å²) in [4.78, 5) is 13.6. The smallest absolute Gasteiger partial charge is 0.240 e. The Bertz CT molecular complexity index is 832. The fraction of sp³-hybridized carbons (Fsp3) is 0.235. The lowest BCUT2D eigenvalue weighted by Crippen LogP contribution is -2.31. The molecule has 0 aliphatic carbocycles. The van der Waals surface area contributed by atoms with E-state index in [2.05, 4.69) is 4.72 Å². The summed E-state index contributed by atoms with van der Waals surface area (Å²) >= 11 is 0. The number of hydrogen-bond donors (Lipinski definition) is 1. The maximum Gasteiger partial charge on any atom is 0.240 e. The Balaban J connectivity index is 1.76. The van der Waals surface area contributed by atoms with Crippen molar-refractivity contribution in [1.29, 1.82) is 0 Å². The molecule has 1 aliphatic heterocycles. The summed E-state index contributed by atoms with van der Waals surface area (Å²) in [5, 5.41) is 0. The van der Waals surface area contributed by atoms with Gasteiger partial charge in [-0.2, -0.15) is 0 Å². The van der Waals surface area contributed by atoms with E-state index in [1.807, 2.05) is 18.2 Å². The minimum atomic E-state index is -3.51. The summed E-state index contributed by atoms with van der Waals surface area (Å²) in [6.45, 7) is 0.224. The molecule has 1 amide bonds. The van der Waals surface area contributed by atoms with Gasteiger partial charge in [0.2, 0.25) is 15.9 Å². The van der Waals surface area contributed by atoms with Gasteiger partial charge < -0.3 is 4.90 Å². The Kier molecular flexibility index (Phi) is 4.19. The summed E-state index contributed by atoms with van der Waals surface area (Å²) in [7, 11) is -1.75. The van der Waals surface area contributed by atoms with E-state index < -0.39 is 10.0 Å². The van der Waals surface area contributed by atoms with Crippen molar-refractivity contribution < 1.29 is 13.2 Å². The maximum absolute atomic E-state index is 12.2. The van der Waals surface area contributed by atoms with Crippen LogP contribution in [0.2, 0.25) is 0 Å². The molecule has 2 aromatic carbocycles. The Morgan fingerprint density at radius 3 is 2.57 bits per heavy atom. The van der Waals surface area contributed by atoms with Gasteiger partial charge in [-0.25, -0.2) is 13.1 Å². The van der Waals surface area contributed by atoms with Crippen molar-refractivity contribution in [1.82, 2.24) is 4.72 Å². The highest BCUT2D eigenvalue weighted by molar-refractivity contribution is 7.89. The summed E-state index contributed by atoms with van der Waals surface area (Å²) in [5.41, 5.74) is 2.85. The predicted octanol–water partition coefficient (Wildman–Crippen LogP) is 2.07. The fourth-order valence-electron chi connectivity index (χ4n) is 2.68. The normalized spacial score (nSPS) is 14.7. The molecule has 6 heteroatoms. The van der Waals surface area contributed by atoms with Crippen molar-refractivity contribution in [3.8, 4) is 0 Å². The zero-order valence-electron chi connectivity index (χ0n) is 12.8. The lowest BCUT2D eigenvalue weighted by atomic mass is 9.99. The first kappa shape index (κ1) is 15.7. The highest BCUT2D eigenvalue weighted by Gasteiger charge is 2.21. The first-order valence-corrected chi connectivity index (χ1v) is 8.89. The molecule has 0 aromatic heterocycles. The average molecular weight is 330 g/mol. The van der Waals surface area contributed by atoms with Gasteiger partial charge in [0.15, 0.2) is 0 Å². The van der Waals surface area contributed by atoms with E-state index >= 15 is 0 Å². The van der Waals surface area contributed by atoms with Gasteiger partial charge >= 0.3 is 0 Å². The molecular weight excluding hydrogens is 312 g/mol. The molecule has 0 saturated carbocycles. The highest BCUT2D eigenvalue weighted by atomic mass is 32.2. The Labute approximate surface area is 136 Å². The van der Waals surface area contributed by atoms with Crippen LogP contribution in [-0.4, -0.2) is 21.4 Å². The minimum absolute atomic E-state index is 0.107. The third-order valence-electron chi connectivity index (χ3n) is 4.01. The van der Waals surface area contributed by atoms with Crippen molar-refractivity contribution in [3.05, 3.63) is 59.7 Å². The van der Waals surface area contributed by atoms with E-state index in [1.54, 1.807) is 42.3 Å². The van der Waals surface area contributed by atoms with Crippen LogP contribution in [-0.2, 0) is 27.8 Å². The molecule has 1 heterocycles. The third kappa shape index (κ3) is 3.28. The lowest BCUT2D eigenvalue weighted by Gasteiger charge is -2.26. The predicted molar refractivity (Wildman–Crippen MR) is 88.6 cm³/mol. The molecule has 5 nitrogen and oxygen atoms in total. The van der Waals surface area contributed by atoms with Gasteiger partial charge in [-0.3, -0.25) is 4.79 Å². The number of carbonyl (C=O) groups is 1. The SMILES string of the molecule is CN1C(=O)CCc2cc(CNS(=O)(=O)c3ccccc3)ccc21. The molecule has 1 N–H and O–H groups in total. The molecule has 0 bridgehead atoms. The standard InChI is InChI=1S/C17H18N2O3S/c1-19-16-9-7-13(11-14(16)8-10-17(19)20)12-18-23(21,22)15-5-3-2-4-6-15/h2-7,9,11,18H,8,10,12H2,1H3. The highest BCUT2D eigenvalue weighted by Crippen LogP contribution is 2.27. The van der Waals surface area contributed by atoms with Crippen LogP contribution in [0.25, 0.3) is 0 Å². The van der Waals surface area contributed by atoms with E-state index in [-0.39, 0.29) is 17.3 Å². The number of nitrogens with zero attached hydrogens (tertiary/aromatic N) is 1. The van der Waals surface area contributed by atoms with Gasteiger partial charge in [0.25, 0.3) is 0 Å². The van der Waals surface area contributed by atoms with E-state index in [9.17, 15) is 13.2 Å². The fourth-order valence-corrected chi connectivity index (χ4v) is 3.72. The van der Waals surface area contributed by atoms with E-state index in [0.717, 1.165) is 16.8 Å². The van der Waals surface area contributed by atoms with Crippen LogP contribution in [0.1, 0.15) is 17.5 Å². The van der Waals surface area contributed by atoms with Gasteiger partial charge in [0, 0.05) is 25.7 Å². The van der Waals surface area contributed by atoms with Crippen LogP contribution in [0, 0.1) is 0 Å². The number of hydrogen-bond acceptors (Lipinski definition) is 3. The van der Waals surface area contributed by atoms with E-state index in [4.69, 9.17) is 0 Å². The number of aryl methyl sites for hydroxylation is 1. The Morgan fingerprint density at radius 1 is 1.09 bits per heavy atom. The van der Waals surface area contributed by atoms with Crippen molar-refractivity contribution >= 4 is 21.6 Å². The number of carbonyl (C=O) groups excluding carboxylic acids is 1. The second-order valence-corrected chi connectivity index (χ2v) is 7.32. The minimum Gasteiger partial charge on any atom is -0.315 e. The topological polar surface area (TPSA) is 66.5 Å². The Morgan fingerprint density at radius 2 is 1.83 bits per heavy atom. The Hall–Kier alpha value is -2.18. The second-order valence-electron chi connectivity index (χ2n) is 5.55. The van der Waals surface area contributed by atoms with Crippen molar-refractivity contribution in [2.75, 3.05) is 11.9 Å². The van der Waals surface area contributed by atoms with Crippen LogP contribution in [0.15, 0.2) is 53.4 Å². The zero-order chi connectivity index (χ0) is 16.4. The first-order valence-electron chi connectivity index (χ1n) is 7.40. The number of benzene rings is 2. The molecule has 3 rings (SSSR count). The van der Waals surface area contributed by atoms with Crippen LogP contribution < -0.4 is 9.62 Å².